The molecule has 0 aromatic rings. The molecule has 0 rings (SSSR count). The van der Waals surface area contributed by atoms with Crippen molar-refractivity contribution >= 4 is 41.1 Å². The third-order valence-corrected chi connectivity index (χ3v) is 5.01. The molecule has 0 aromatic carbocycles. The second kappa shape index (κ2) is 10.2. The Labute approximate surface area is 128 Å². The molecule has 0 aliphatic heterocycles. The van der Waals surface area contributed by atoms with Crippen molar-refractivity contribution in [2.24, 2.45) is 5.73 Å². The van der Waals surface area contributed by atoms with E-state index in [0.29, 0.717) is 5.82 Å². The van der Waals surface area contributed by atoms with E-state index < -0.39 is 31.6 Å². The van der Waals surface area contributed by atoms with Crippen LogP contribution in [-0.2, 0) is 14.2 Å². The van der Waals surface area contributed by atoms with Crippen LogP contribution in [0.5, 0.6) is 0 Å². The minimum absolute atomic E-state index is 0.0120. The lowest BCUT2D eigenvalue weighted by Crippen LogP contribution is -2.38. The number of aliphatic carboxylic acids is 2. The lowest BCUT2D eigenvalue weighted by Gasteiger charge is -2.12. The fraction of sp³-hybridized carbons (Fsp3) is 0.556. The number of carboxylic acid groups (broad SMARTS) is 2. The zero-order valence-electron chi connectivity index (χ0n) is 10.8. The van der Waals surface area contributed by atoms with Crippen molar-refractivity contribution in [2.45, 2.75) is 12.1 Å². The summed E-state index contributed by atoms with van der Waals surface area (Å²) >= 11 is 0. The molecule has 0 aromatic heterocycles. The molecule has 0 saturated heterocycles. The molecule has 9 nitrogen and oxygen atoms in total. The fourth-order valence-corrected chi connectivity index (χ4v) is 3.61. The molecule has 0 saturated carbocycles. The van der Waals surface area contributed by atoms with Gasteiger partial charge in [-0.25, -0.2) is 0 Å². The van der Waals surface area contributed by atoms with Gasteiger partial charge in [0, 0.05) is 23.9 Å². The van der Waals surface area contributed by atoms with E-state index in [9.17, 15) is 14.2 Å². The molecule has 0 radical (unpaired) electrons. The lowest BCUT2D eigenvalue weighted by atomic mass is 10.3. The molecule has 0 aliphatic carbocycles. The number of hydrogen-bond acceptors (Lipinski definition) is 7. The van der Waals surface area contributed by atoms with Gasteiger partial charge in [-0.15, -0.1) is 0 Å². The predicted octanol–water partition coefficient (Wildman–Crippen LogP) is -0.486. The summed E-state index contributed by atoms with van der Waals surface area (Å²) in [5.74, 6) is -1.26. The SMILES string of the molecule is N[C@@H](CSSC[C@H](NCC=CP(=O)(O)O)C(=O)O)C(=O)O. The molecule has 21 heavy (non-hydrogen) atoms. The van der Waals surface area contributed by atoms with E-state index in [0.717, 1.165) is 27.7 Å². The van der Waals surface area contributed by atoms with Crippen LogP contribution >= 0.6 is 29.2 Å². The summed E-state index contributed by atoms with van der Waals surface area (Å²) in [6.07, 6.45) is 1.15. The standard InChI is InChI=1S/C9H17N2O7PS2/c10-6(8(12)13)4-20-21-5-7(9(14)15)11-2-1-3-19(16,17)18/h1,3,6-7,11H,2,4-5,10H2,(H,12,13)(H,14,15)(H2,16,17,18)/t6-,7-/m0/s1. The second-order valence-electron chi connectivity index (χ2n) is 3.79. The van der Waals surface area contributed by atoms with E-state index in [1.807, 2.05) is 0 Å². The van der Waals surface area contributed by atoms with Gasteiger partial charge in [-0.2, -0.15) is 0 Å². The van der Waals surface area contributed by atoms with Crippen LogP contribution in [0.15, 0.2) is 11.9 Å². The summed E-state index contributed by atoms with van der Waals surface area (Å²) in [5.41, 5.74) is 5.28. The Hall–Kier alpha value is -0.550. The number of nitrogens with two attached hydrogens (primary N) is 1. The Balaban J connectivity index is 4.04. The summed E-state index contributed by atoms with van der Waals surface area (Å²) in [7, 11) is -1.95. The van der Waals surface area contributed by atoms with E-state index in [1.165, 1.54) is 0 Å². The zero-order valence-corrected chi connectivity index (χ0v) is 13.3. The van der Waals surface area contributed by atoms with Crippen molar-refractivity contribution in [3.8, 4) is 0 Å². The highest BCUT2D eigenvalue weighted by Crippen LogP contribution is 2.35. The summed E-state index contributed by atoms with van der Waals surface area (Å²) in [5, 5.41) is 20.1. The Morgan fingerprint density at radius 2 is 1.76 bits per heavy atom. The monoisotopic (exact) mass is 360 g/mol. The molecule has 12 heteroatoms. The van der Waals surface area contributed by atoms with Crippen molar-refractivity contribution in [1.82, 2.24) is 5.32 Å². The van der Waals surface area contributed by atoms with Crippen LogP contribution in [0.3, 0.4) is 0 Å². The number of nitrogens with one attached hydrogen (secondary N) is 1. The van der Waals surface area contributed by atoms with Gasteiger partial charge in [-0.05, 0) is 0 Å². The number of carbonyl (C=O) groups is 2. The maximum Gasteiger partial charge on any atom is 0.348 e. The van der Waals surface area contributed by atoms with Gasteiger partial charge in [0.15, 0.2) is 0 Å². The topological polar surface area (TPSA) is 170 Å². The van der Waals surface area contributed by atoms with Crippen LogP contribution < -0.4 is 11.1 Å². The predicted molar refractivity (Wildman–Crippen MR) is 81.1 cm³/mol. The highest BCUT2D eigenvalue weighted by Gasteiger charge is 2.17. The third kappa shape index (κ3) is 11.8. The molecule has 0 unspecified atom stereocenters. The Morgan fingerprint density at radius 1 is 1.19 bits per heavy atom. The van der Waals surface area contributed by atoms with Gasteiger partial charge in [0.1, 0.15) is 12.1 Å². The third-order valence-electron chi connectivity index (χ3n) is 1.96. The quantitative estimate of drug-likeness (QED) is 0.160. The normalized spacial score (nSPS) is 15.0. The van der Waals surface area contributed by atoms with Crippen LogP contribution in [0.2, 0.25) is 0 Å². The Morgan fingerprint density at radius 3 is 2.24 bits per heavy atom. The van der Waals surface area contributed by atoms with Gasteiger partial charge in [0.25, 0.3) is 0 Å². The maximum absolute atomic E-state index is 10.9. The van der Waals surface area contributed by atoms with E-state index in [1.54, 1.807) is 0 Å². The first-order valence-corrected chi connectivity index (χ1v) is 9.72. The summed E-state index contributed by atoms with van der Waals surface area (Å²) < 4.78 is 10.5. The van der Waals surface area contributed by atoms with Gasteiger partial charge in [-0.1, -0.05) is 27.7 Å². The molecular weight excluding hydrogens is 343 g/mol. The average Bonchev–Trinajstić information content (AvgIpc) is 2.34. The van der Waals surface area contributed by atoms with Crippen LogP contribution in [0.4, 0.5) is 0 Å². The second-order valence-corrected chi connectivity index (χ2v) is 7.82. The summed E-state index contributed by atoms with van der Waals surface area (Å²) in [6, 6.07) is -1.94. The van der Waals surface area contributed by atoms with E-state index in [2.05, 4.69) is 5.32 Å². The van der Waals surface area contributed by atoms with Crippen LogP contribution in [0.25, 0.3) is 0 Å². The van der Waals surface area contributed by atoms with Gasteiger partial charge in [-0.3, -0.25) is 14.2 Å². The molecule has 0 fully saturated rings. The van der Waals surface area contributed by atoms with Gasteiger partial charge >= 0.3 is 19.5 Å². The fourth-order valence-electron chi connectivity index (χ4n) is 0.927. The molecule has 0 aliphatic rings. The van der Waals surface area contributed by atoms with Crippen molar-refractivity contribution in [1.29, 1.82) is 0 Å². The lowest BCUT2D eigenvalue weighted by molar-refractivity contribution is -0.139. The average molecular weight is 360 g/mol. The van der Waals surface area contributed by atoms with Gasteiger partial charge in [0.2, 0.25) is 0 Å². The van der Waals surface area contributed by atoms with Gasteiger partial charge in [0.05, 0.1) is 0 Å². The molecule has 0 heterocycles. The van der Waals surface area contributed by atoms with Crippen LogP contribution in [-0.4, -0.2) is 62.1 Å². The number of carboxylic acids is 2. The first kappa shape index (κ1) is 20.5. The largest absolute Gasteiger partial charge is 0.480 e. The molecule has 0 amide bonds. The number of rotatable bonds is 11. The van der Waals surface area contributed by atoms with Crippen molar-refractivity contribution in [2.75, 3.05) is 18.1 Å². The van der Waals surface area contributed by atoms with Crippen molar-refractivity contribution in [3.63, 3.8) is 0 Å². The molecule has 122 valence electrons. The van der Waals surface area contributed by atoms with E-state index in [4.69, 9.17) is 25.7 Å². The molecule has 7 N–H and O–H groups in total. The van der Waals surface area contributed by atoms with Gasteiger partial charge < -0.3 is 31.1 Å². The minimum Gasteiger partial charge on any atom is -0.480 e. The Kier molecular flexibility index (Phi) is 9.95. The van der Waals surface area contributed by atoms with E-state index >= 15 is 0 Å². The smallest absolute Gasteiger partial charge is 0.348 e. The van der Waals surface area contributed by atoms with E-state index in [-0.39, 0.29) is 18.1 Å². The van der Waals surface area contributed by atoms with Crippen molar-refractivity contribution < 1.29 is 34.2 Å². The molecule has 0 bridgehead atoms. The maximum atomic E-state index is 10.9. The Bertz CT molecular complexity index is 428. The first-order valence-electron chi connectivity index (χ1n) is 5.55. The molecule has 0 spiro atoms. The number of hydrogen-bond donors (Lipinski definition) is 6. The highest BCUT2D eigenvalue weighted by atomic mass is 33.1. The molecule has 2 atom stereocenters. The molecular formula is C9H17N2O7PS2. The summed E-state index contributed by atoms with van der Waals surface area (Å²) in [4.78, 5) is 38.6. The minimum atomic E-state index is -4.24. The van der Waals surface area contributed by atoms with Crippen LogP contribution in [0, 0.1) is 0 Å². The zero-order chi connectivity index (χ0) is 16.5. The van der Waals surface area contributed by atoms with Crippen LogP contribution in [0.1, 0.15) is 0 Å². The van der Waals surface area contributed by atoms with Crippen molar-refractivity contribution in [3.05, 3.63) is 11.9 Å². The summed E-state index contributed by atoms with van der Waals surface area (Å²) in [6.45, 7) is -0.0120. The highest BCUT2D eigenvalue weighted by molar-refractivity contribution is 8.76. The first-order chi connectivity index (χ1) is 9.63.